The molecule has 0 spiro atoms. The van der Waals surface area contributed by atoms with Gasteiger partial charge in [-0.2, -0.15) is 0 Å². The fourth-order valence-electron chi connectivity index (χ4n) is 10.9. The van der Waals surface area contributed by atoms with Crippen LogP contribution in [0.5, 0.6) is 0 Å². The zero-order valence-corrected chi connectivity index (χ0v) is 22.2. The minimum absolute atomic E-state index is 0.0246. The molecular weight excluding hydrogens is 408 g/mol. The average molecular weight is 457 g/mol. The Bertz CT molecular complexity index is 870. The van der Waals surface area contributed by atoms with Gasteiger partial charge in [0.05, 0.1) is 12.2 Å². The molecule has 33 heavy (non-hydrogen) atoms. The third-order valence-electron chi connectivity index (χ3n) is 12.6. The number of fused-ring (bicyclic) bond motifs is 6. The molecule has 0 aliphatic heterocycles. The maximum Gasteiger partial charge on any atom is 0.159 e. The molecule has 0 unspecified atom stereocenters. The van der Waals surface area contributed by atoms with Crippen molar-refractivity contribution in [3.8, 4) is 0 Å². The van der Waals surface area contributed by atoms with Crippen molar-refractivity contribution in [2.75, 3.05) is 0 Å². The van der Waals surface area contributed by atoms with Gasteiger partial charge in [0.25, 0.3) is 0 Å². The maximum absolute atomic E-state index is 13.6. The van der Waals surface area contributed by atoms with Crippen molar-refractivity contribution < 1.29 is 15.0 Å². The summed E-state index contributed by atoms with van der Waals surface area (Å²) in [7, 11) is 0. The fourth-order valence-corrected chi connectivity index (χ4v) is 10.9. The van der Waals surface area contributed by atoms with Gasteiger partial charge in [0.15, 0.2) is 5.78 Å². The second kappa shape index (κ2) is 7.19. The number of carbonyl (C=O) groups is 1. The van der Waals surface area contributed by atoms with Crippen LogP contribution in [0.2, 0.25) is 0 Å². The van der Waals surface area contributed by atoms with Gasteiger partial charge in [0.2, 0.25) is 0 Å². The molecule has 9 atom stereocenters. The van der Waals surface area contributed by atoms with Gasteiger partial charge in [0, 0.05) is 11.3 Å². The van der Waals surface area contributed by atoms with Crippen LogP contribution in [0.3, 0.4) is 0 Å². The summed E-state index contributed by atoms with van der Waals surface area (Å²) in [5, 5.41) is 21.7. The second-order valence-electron chi connectivity index (χ2n) is 14.9. The van der Waals surface area contributed by atoms with Gasteiger partial charge >= 0.3 is 0 Å². The molecule has 0 radical (unpaired) electrons. The lowest BCUT2D eigenvalue weighted by Gasteiger charge is -2.63. The first kappa shape index (κ1) is 24.0. The van der Waals surface area contributed by atoms with Crippen molar-refractivity contribution >= 4 is 5.78 Å². The number of hydrogen-bond acceptors (Lipinski definition) is 3. The smallest absolute Gasteiger partial charge is 0.159 e. The molecule has 0 aromatic rings. The Morgan fingerprint density at radius 2 is 1.33 bits per heavy atom. The highest BCUT2D eigenvalue weighted by Crippen LogP contribution is 2.70. The van der Waals surface area contributed by atoms with Gasteiger partial charge in [-0.3, -0.25) is 4.79 Å². The van der Waals surface area contributed by atoms with Crippen molar-refractivity contribution in [1.82, 2.24) is 0 Å². The number of hydrogen-bond donors (Lipinski definition) is 2. The van der Waals surface area contributed by atoms with E-state index in [1.807, 2.05) is 6.08 Å². The van der Waals surface area contributed by atoms with Crippen LogP contribution in [0.1, 0.15) is 106 Å². The number of carbonyl (C=O) groups excluding carboxylic acids is 1. The van der Waals surface area contributed by atoms with E-state index in [0.29, 0.717) is 17.8 Å². The van der Waals surface area contributed by atoms with E-state index in [9.17, 15) is 15.0 Å². The minimum atomic E-state index is -0.393. The Labute approximate surface area is 201 Å². The molecule has 5 aliphatic rings. The molecule has 3 heteroatoms. The molecule has 4 saturated carbocycles. The Hall–Kier alpha value is -0.670. The van der Waals surface area contributed by atoms with Gasteiger partial charge in [0.1, 0.15) is 0 Å². The Morgan fingerprint density at radius 3 is 2.00 bits per heavy atom. The summed E-state index contributed by atoms with van der Waals surface area (Å²) in [5.41, 5.74) is 1.48. The first-order chi connectivity index (χ1) is 15.2. The lowest BCUT2D eigenvalue weighted by atomic mass is 9.42. The number of aliphatic hydroxyl groups is 2. The molecule has 2 N–H and O–H groups in total. The predicted octanol–water partition coefficient (Wildman–Crippen LogP) is 6.32. The highest BCUT2D eigenvalue weighted by molar-refractivity contribution is 5.95. The molecule has 4 fully saturated rings. The topological polar surface area (TPSA) is 57.5 Å². The second-order valence-corrected chi connectivity index (χ2v) is 14.9. The van der Waals surface area contributed by atoms with E-state index in [0.717, 1.165) is 32.1 Å². The van der Waals surface area contributed by atoms with Crippen LogP contribution in [0.15, 0.2) is 11.6 Å². The van der Waals surface area contributed by atoms with E-state index in [1.165, 1.54) is 31.3 Å². The van der Waals surface area contributed by atoms with Crippen LogP contribution in [-0.4, -0.2) is 28.2 Å². The summed E-state index contributed by atoms with van der Waals surface area (Å²) in [4.78, 5) is 13.6. The third-order valence-corrected chi connectivity index (χ3v) is 12.6. The van der Waals surface area contributed by atoms with E-state index < -0.39 is 6.10 Å². The first-order valence-corrected chi connectivity index (χ1v) is 13.8. The zero-order valence-electron chi connectivity index (χ0n) is 22.2. The molecule has 0 bridgehead atoms. The van der Waals surface area contributed by atoms with E-state index in [2.05, 4.69) is 48.5 Å². The van der Waals surface area contributed by atoms with Crippen LogP contribution < -0.4 is 0 Å². The van der Waals surface area contributed by atoms with Crippen LogP contribution in [0.25, 0.3) is 0 Å². The standard InChI is InChI=1S/C30H48O3/c1-26(2)21-10-13-28(5)17-18-16-20(31)25-27(3,4)24(33)11-14-29(25,6)19(18)8-9-22(28)30(21,7)15-12-23(26)32/h16,19,21-25,32-33H,8-15,17H2,1-7H3/t19-,21-,22-,23-,24-,25+,28-,29+,30-/m0/s1. The molecule has 5 aliphatic carbocycles. The number of aliphatic hydroxyl groups excluding tert-OH is 2. The van der Waals surface area contributed by atoms with Crippen molar-refractivity contribution in [1.29, 1.82) is 0 Å². The molecule has 3 nitrogen and oxygen atoms in total. The monoisotopic (exact) mass is 456 g/mol. The summed E-state index contributed by atoms with van der Waals surface area (Å²) >= 11 is 0. The molecule has 0 saturated heterocycles. The first-order valence-electron chi connectivity index (χ1n) is 13.8. The number of allylic oxidation sites excluding steroid dienone is 2. The SMILES string of the molecule is CC1(C)[C@H]2C(=O)C=C3C[C@]4(C)CC[C@H]5C(C)(C)[C@@H](O)CC[C@]5(C)[C@H]4CC[C@@H]3[C@@]2(C)CC[C@@H]1O. The van der Waals surface area contributed by atoms with Gasteiger partial charge in [-0.15, -0.1) is 0 Å². The third kappa shape index (κ3) is 3.09. The number of ketones is 1. The van der Waals surface area contributed by atoms with E-state index in [4.69, 9.17) is 0 Å². The van der Waals surface area contributed by atoms with Crippen molar-refractivity contribution in [3.05, 3.63) is 11.6 Å². The average Bonchev–Trinajstić information content (AvgIpc) is 2.85. The van der Waals surface area contributed by atoms with E-state index in [-0.39, 0.29) is 44.9 Å². The van der Waals surface area contributed by atoms with Crippen LogP contribution in [0.4, 0.5) is 0 Å². The van der Waals surface area contributed by atoms with E-state index >= 15 is 0 Å². The summed E-state index contributed by atoms with van der Waals surface area (Å²) in [6.45, 7) is 16.3. The van der Waals surface area contributed by atoms with Gasteiger partial charge in [-0.1, -0.05) is 54.0 Å². The highest BCUT2D eigenvalue weighted by Gasteiger charge is 2.64. The Morgan fingerprint density at radius 1 is 0.727 bits per heavy atom. The van der Waals surface area contributed by atoms with E-state index in [1.54, 1.807) is 0 Å². The summed E-state index contributed by atoms with van der Waals surface area (Å²) in [5.74, 6) is 1.86. The Kier molecular flexibility index (Phi) is 5.24. The van der Waals surface area contributed by atoms with Gasteiger partial charge < -0.3 is 10.2 Å². The highest BCUT2D eigenvalue weighted by atomic mass is 16.3. The largest absolute Gasteiger partial charge is 0.393 e. The van der Waals surface area contributed by atoms with Crippen LogP contribution in [0, 0.1) is 50.7 Å². The van der Waals surface area contributed by atoms with Crippen molar-refractivity contribution in [3.63, 3.8) is 0 Å². The molecule has 186 valence electrons. The molecule has 5 rings (SSSR count). The normalized spacial score (nSPS) is 53.0. The van der Waals surface area contributed by atoms with Crippen molar-refractivity contribution in [2.24, 2.45) is 50.7 Å². The van der Waals surface area contributed by atoms with Crippen LogP contribution >= 0.6 is 0 Å². The van der Waals surface area contributed by atoms with Crippen LogP contribution in [-0.2, 0) is 4.79 Å². The van der Waals surface area contributed by atoms with Crippen molar-refractivity contribution in [2.45, 2.75) is 118 Å². The predicted molar refractivity (Wildman–Crippen MR) is 132 cm³/mol. The quantitative estimate of drug-likeness (QED) is 0.448. The summed E-state index contributed by atoms with van der Waals surface area (Å²) in [6.07, 6.45) is 11.1. The maximum atomic E-state index is 13.6. The molecule has 0 aromatic carbocycles. The summed E-state index contributed by atoms with van der Waals surface area (Å²) in [6, 6.07) is 0. The molecule has 0 heterocycles. The van der Waals surface area contributed by atoms with Gasteiger partial charge in [-0.25, -0.2) is 0 Å². The lowest BCUT2D eigenvalue weighted by Crippen LogP contribution is -2.58. The molecule has 0 aromatic heterocycles. The fraction of sp³-hybridized carbons (Fsp3) is 0.900. The minimum Gasteiger partial charge on any atom is -0.393 e. The lowest BCUT2D eigenvalue weighted by molar-refractivity contribution is -0.170. The number of rotatable bonds is 0. The summed E-state index contributed by atoms with van der Waals surface area (Å²) < 4.78 is 0. The van der Waals surface area contributed by atoms with Gasteiger partial charge in [-0.05, 0) is 103 Å². The Balaban J connectivity index is 1.54. The molecule has 0 amide bonds. The molecular formula is C30H48O3. The zero-order chi connectivity index (χ0) is 24.2.